The summed E-state index contributed by atoms with van der Waals surface area (Å²) in [5.74, 6) is 0. The topological polar surface area (TPSA) is 0 Å². The summed E-state index contributed by atoms with van der Waals surface area (Å²) >= 11 is 0. The van der Waals surface area contributed by atoms with Crippen LogP contribution in [-0.4, -0.2) is 0 Å². The van der Waals surface area contributed by atoms with E-state index in [0.29, 0.717) is 0 Å². The Balaban J connectivity index is 1.83. The van der Waals surface area contributed by atoms with Crippen molar-refractivity contribution in [2.75, 3.05) is 0 Å². The lowest BCUT2D eigenvalue weighted by atomic mass is 9.98. The zero-order chi connectivity index (χ0) is 16.5. The molecule has 0 spiro atoms. The van der Waals surface area contributed by atoms with Crippen LogP contribution in [-0.2, 0) is 0 Å². The Morgan fingerprint density at radius 1 is 0.250 bits per heavy atom. The highest BCUT2D eigenvalue weighted by molar-refractivity contribution is 5.56. The molecule has 0 radical (unpaired) electrons. The molecule has 0 bridgehead atoms. The molecule has 0 atom stereocenters. The van der Waals surface area contributed by atoms with Gasteiger partial charge in [-0.3, -0.25) is 0 Å². The fourth-order valence-electron chi connectivity index (χ4n) is 2.52. The lowest BCUT2D eigenvalue weighted by Crippen LogP contribution is -1.88. The molecule has 0 aromatic heterocycles. The predicted octanol–water partition coefficient (Wildman–Crippen LogP) is 6.18. The van der Waals surface area contributed by atoms with Crippen LogP contribution in [0.15, 0.2) is 144 Å². The summed E-state index contributed by atoms with van der Waals surface area (Å²) in [6.07, 6.45) is 41.9. The molecular weight excluding hydrogens is 288 g/mol. The molecule has 3 aliphatic carbocycles. The van der Waals surface area contributed by atoms with E-state index in [0.717, 1.165) is 0 Å². The van der Waals surface area contributed by atoms with Crippen molar-refractivity contribution in [2.24, 2.45) is 0 Å². The van der Waals surface area contributed by atoms with E-state index in [4.69, 9.17) is 0 Å². The molecule has 3 rings (SSSR count). The minimum Gasteiger partial charge on any atom is -0.0623 e. The van der Waals surface area contributed by atoms with Crippen LogP contribution in [0.2, 0.25) is 0 Å². The number of allylic oxidation sites excluding steroid dienone is 24. The van der Waals surface area contributed by atoms with E-state index >= 15 is 0 Å². The van der Waals surface area contributed by atoms with Gasteiger partial charge in [-0.1, -0.05) is 122 Å². The van der Waals surface area contributed by atoms with Crippen molar-refractivity contribution in [1.29, 1.82) is 0 Å². The van der Waals surface area contributed by atoms with Crippen LogP contribution in [0.1, 0.15) is 0 Å². The summed E-state index contributed by atoms with van der Waals surface area (Å²) in [5, 5.41) is 0. The Bertz CT molecular complexity index is 760. The fourth-order valence-corrected chi connectivity index (χ4v) is 2.52. The molecule has 0 saturated heterocycles. The van der Waals surface area contributed by atoms with Crippen LogP contribution in [0.25, 0.3) is 0 Å². The van der Waals surface area contributed by atoms with Gasteiger partial charge in [0.15, 0.2) is 0 Å². The van der Waals surface area contributed by atoms with E-state index in [-0.39, 0.29) is 0 Å². The first-order valence-corrected chi connectivity index (χ1v) is 8.14. The summed E-state index contributed by atoms with van der Waals surface area (Å²) in [5.41, 5.74) is 4.79. The molecule has 0 nitrogen and oxygen atoms in total. The van der Waals surface area contributed by atoms with E-state index in [1.165, 1.54) is 22.3 Å². The zero-order valence-electron chi connectivity index (χ0n) is 13.5. The Morgan fingerprint density at radius 2 is 0.542 bits per heavy atom. The molecule has 0 aromatic carbocycles. The van der Waals surface area contributed by atoms with Gasteiger partial charge in [-0.15, -0.1) is 0 Å². The van der Waals surface area contributed by atoms with Crippen LogP contribution in [0.4, 0.5) is 0 Å². The van der Waals surface area contributed by atoms with Gasteiger partial charge in [0.2, 0.25) is 0 Å². The Kier molecular flexibility index (Phi) is 5.58. The molecule has 3 aliphatic rings. The van der Waals surface area contributed by atoms with Crippen LogP contribution in [0.5, 0.6) is 0 Å². The normalized spacial score (nSPS) is 19.3. The molecule has 0 unspecified atom stereocenters. The first-order chi connectivity index (χ1) is 11.9. The van der Waals surface area contributed by atoms with E-state index < -0.39 is 0 Å². The van der Waals surface area contributed by atoms with Gasteiger partial charge >= 0.3 is 0 Å². The van der Waals surface area contributed by atoms with Crippen molar-refractivity contribution in [2.45, 2.75) is 0 Å². The lowest BCUT2D eigenvalue weighted by molar-refractivity contribution is 1.48. The Morgan fingerprint density at radius 3 is 1.00 bits per heavy atom. The molecule has 0 N–H and O–H groups in total. The van der Waals surface area contributed by atoms with Crippen LogP contribution < -0.4 is 0 Å². The monoisotopic (exact) mass is 308 g/mol. The minimum atomic E-state index is 1.20. The van der Waals surface area contributed by atoms with Gasteiger partial charge in [-0.25, -0.2) is 0 Å². The van der Waals surface area contributed by atoms with E-state index in [1.807, 2.05) is 36.5 Å². The third-order valence-corrected chi connectivity index (χ3v) is 3.76. The van der Waals surface area contributed by atoms with E-state index in [9.17, 15) is 0 Å². The second-order valence-corrected chi connectivity index (χ2v) is 5.46. The minimum absolute atomic E-state index is 1.20. The molecule has 0 fully saturated rings. The molecule has 24 heavy (non-hydrogen) atoms. The SMILES string of the molecule is C1=CC=CC(C2=CC=CC(C3=CC=CC=CC=C3)=CC=C2)=CC=C1. The van der Waals surface area contributed by atoms with Gasteiger partial charge < -0.3 is 0 Å². The average Bonchev–Trinajstić information content (AvgIpc) is 2.48. The summed E-state index contributed by atoms with van der Waals surface area (Å²) in [6.45, 7) is 0. The summed E-state index contributed by atoms with van der Waals surface area (Å²) in [6, 6.07) is 0. The standard InChI is InChI=1S/C24H20/c1-3-7-13-21(14-8-4-1)23-17-11-19-24(20-12-18-23)22-15-9-5-2-6-10-16-22/h1-20H. The molecular formula is C24H20. The smallest absolute Gasteiger partial charge is 0.0184 e. The quantitative estimate of drug-likeness (QED) is 0.571. The van der Waals surface area contributed by atoms with E-state index in [2.05, 4.69) is 85.1 Å². The average molecular weight is 308 g/mol. The largest absolute Gasteiger partial charge is 0.0623 e. The maximum absolute atomic E-state index is 2.15. The number of rotatable bonds is 2. The maximum Gasteiger partial charge on any atom is -0.0184 e. The van der Waals surface area contributed by atoms with E-state index in [1.54, 1.807) is 0 Å². The molecule has 0 heterocycles. The number of hydrogen-bond acceptors (Lipinski definition) is 0. The summed E-state index contributed by atoms with van der Waals surface area (Å²) < 4.78 is 0. The van der Waals surface area contributed by atoms with Crippen LogP contribution >= 0.6 is 0 Å². The van der Waals surface area contributed by atoms with Crippen molar-refractivity contribution < 1.29 is 0 Å². The van der Waals surface area contributed by atoms with Gasteiger partial charge in [0.25, 0.3) is 0 Å². The fraction of sp³-hybridized carbons (Fsp3) is 0. The highest BCUT2D eigenvalue weighted by Gasteiger charge is 2.01. The van der Waals surface area contributed by atoms with Crippen molar-refractivity contribution in [1.82, 2.24) is 0 Å². The second kappa shape index (κ2) is 8.50. The molecule has 0 saturated carbocycles. The molecule has 0 aliphatic heterocycles. The third-order valence-electron chi connectivity index (χ3n) is 3.76. The van der Waals surface area contributed by atoms with Gasteiger partial charge in [-0.05, 0) is 22.3 Å². The van der Waals surface area contributed by atoms with Crippen LogP contribution in [0, 0.1) is 0 Å². The van der Waals surface area contributed by atoms with Crippen molar-refractivity contribution in [3.8, 4) is 0 Å². The second-order valence-electron chi connectivity index (χ2n) is 5.46. The number of hydrogen-bond donors (Lipinski definition) is 0. The first kappa shape index (κ1) is 15.8. The summed E-state index contributed by atoms with van der Waals surface area (Å²) in [4.78, 5) is 0. The maximum atomic E-state index is 2.15. The van der Waals surface area contributed by atoms with Crippen molar-refractivity contribution in [3.05, 3.63) is 144 Å². The third kappa shape index (κ3) is 4.44. The van der Waals surface area contributed by atoms with Crippen molar-refractivity contribution in [3.63, 3.8) is 0 Å². The van der Waals surface area contributed by atoms with Crippen molar-refractivity contribution >= 4 is 0 Å². The predicted molar refractivity (Wildman–Crippen MR) is 105 cm³/mol. The van der Waals surface area contributed by atoms with Gasteiger partial charge in [0.1, 0.15) is 0 Å². The highest BCUT2D eigenvalue weighted by atomic mass is 14.1. The molecule has 0 heteroatoms. The molecule has 116 valence electrons. The van der Waals surface area contributed by atoms with Gasteiger partial charge in [-0.2, -0.15) is 0 Å². The Hall–Kier alpha value is -3.12. The van der Waals surface area contributed by atoms with Crippen LogP contribution in [0.3, 0.4) is 0 Å². The highest BCUT2D eigenvalue weighted by Crippen LogP contribution is 2.21. The first-order valence-electron chi connectivity index (χ1n) is 8.14. The Labute approximate surface area is 144 Å². The van der Waals surface area contributed by atoms with Gasteiger partial charge in [0.05, 0.1) is 0 Å². The lowest BCUT2D eigenvalue weighted by Gasteiger charge is -2.07. The molecule has 0 aromatic rings. The van der Waals surface area contributed by atoms with Gasteiger partial charge in [0, 0.05) is 0 Å². The zero-order valence-corrected chi connectivity index (χ0v) is 13.5. The molecule has 0 amide bonds. The summed E-state index contributed by atoms with van der Waals surface area (Å²) in [7, 11) is 0.